The molecule has 0 bridgehead atoms. The van der Waals surface area contributed by atoms with Crippen molar-refractivity contribution in [1.82, 2.24) is 14.5 Å². The summed E-state index contributed by atoms with van der Waals surface area (Å²) in [6.45, 7) is 0. The van der Waals surface area contributed by atoms with Crippen LogP contribution in [0.25, 0.3) is 91.6 Å². The van der Waals surface area contributed by atoms with Gasteiger partial charge < -0.3 is 0 Å². The normalized spacial score (nSPS) is 12.1. The van der Waals surface area contributed by atoms with Crippen LogP contribution < -0.4 is 0 Å². The summed E-state index contributed by atoms with van der Waals surface area (Å²) < 4.78 is 4.85. The van der Waals surface area contributed by atoms with E-state index in [-0.39, 0.29) is 0 Å². The number of hydrogen-bond acceptors (Lipinski definition) is 3. The minimum Gasteiger partial charge on any atom is -0.278 e. The fraction of sp³-hybridized carbons (Fsp3) is 0. The average Bonchev–Trinajstić information content (AvgIpc) is 3.63. The lowest BCUT2D eigenvalue weighted by atomic mass is 10.00. The predicted molar refractivity (Wildman–Crippen MR) is 187 cm³/mol. The Balaban J connectivity index is 1.33. The molecule has 3 nitrogen and oxygen atoms in total. The average molecular weight is 578 g/mol. The van der Waals surface area contributed by atoms with E-state index in [9.17, 15) is 0 Å². The molecule has 0 aliphatic carbocycles. The van der Waals surface area contributed by atoms with E-state index >= 15 is 0 Å². The number of para-hydroxylation sites is 1. The molecule has 44 heavy (non-hydrogen) atoms. The van der Waals surface area contributed by atoms with Crippen LogP contribution in [-0.2, 0) is 0 Å². The third-order valence-corrected chi connectivity index (χ3v) is 10.1. The topological polar surface area (TPSA) is 30.7 Å². The van der Waals surface area contributed by atoms with Gasteiger partial charge in [-0.1, -0.05) is 103 Å². The highest BCUT2D eigenvalue weighted by molar-refractivity contribution is 7.25. The van der Waals surface area contributed by atoms with Crippen LogP contribution >= 0.6 is 11.3 Å². The van der Waals surface area contributed by atoms with Crippen LogP contribution in [0.2, 0.25) is 0 Å². The molecule has 10 aromatic rings. The van der Waals surface area contributed by atoms with Gasteiger partial charge in [-0.3, -0.25) is 4.57 Å². The van der Waals surface area contributed by atoms with Crippen LogP contribution in [0.1, 0.15) is 0 Å². The Morgan fingerprint density at radius 2 is 1.05 bits per heavy atom. The van der Waals surface area contributed by atoms with Crippen LogP contribution in [0.5, 0.6) is 0 Å². The lowest BCUT2D eigenvalue weighted by molar-refractivity contribution is 1.01. The number of nitrogens with zero attached hydrogens (tertiary/aromatic N) is 3. The van der Waals surface area contributed by atoms with Gasteiger partial charge in [0.1, 0.15) is 0 Å². The van der Waals surface area contributed by atoms with Gasteiger partial charge in [0.2, 0.25) is 5.95 Å². The summed E-state index contributed by atoms with van der Waals surface area (Å²) in [6, 6.07) is 50.0. The van der Waals surface area contributed by atoms with E-state index in [0.717, 1.165) is 33.2 Å². The van der Waals surface area contributed by atoms with Crippen LogP contribution in [-0.4, -0.2) is 14.5 Å². The second-order valence-electron chi connectivity index (χ2n) is 11.4. The second-order valence-corrected chi connectivity index (χ2v) is 12.5. The number of benzene rings is 7. The van der Waals surface area contributed by atoms with E-state index in [0.29, 0.717) is 5.95 Å². The van der Waals surface area contributed by atoms with Gasteiger partial charge in [0.05, 0.1) is 22.2 Å². The van der Waals surface area contributed by atoms with Crippen molar-refractivity contribution in [1.29, 1.82) is 0 Å². The number of aromatic nitrogens is 3. The molecule has 3 aromatic heterocycles. The van der Waals surface area contributed by atoms with E-state index in [2.05, 4.69) is 144 Å². The van der Waals surface area contributed by atoms with Gasteiger partial charge >= 0.3 is 0 Å². The van der Waals surface area contributed by atoms with Crippen LogP contribution in [0.4, 0.5) is 0 Å². The van der Waals surface area contributed by atoms with E-state index in [1.807, 2.05) is 11.3 Å². The molecule has 204 valence electrons. The summed E-state index contributed by atoms with van der Waals surface area (Å²) in [5.41, 5.74) is 5.18. The molecule has 10 rings (SSSR count). The van der Waals surface area contributed by atoms with Gasteiger partial charge in [0.15, 0.2) is 0 Å². The Bertz CT molecular complexity index is 2690. The maximum absolute atomic E-state index is 5.40. The van der Waals surface area contributed by atoms with E-state index in [1.54, 1.807) is 0 Å². The molecule has 0 fully saturated rings. The SMILES string of the molecule is c1ccc2c(c1)ccc1c2c2c3ccccc3ccc2n1-c1nc(-c2ccc3sc4ccccc4c3c2)c2ccccc2n1. The predicted octanol–water partition coefficient (Wildman–Crippen LogP) is 11.1. The van der Waals surface area contributed by atoms with E-state index < -0.39 is 0 Å². The first-order valence-electron chi connectivity index (χ1n) is 14.8. The number of rotatable bonds is 2. The molecule has 0 N–H and O–H groups in total. The summed E-state index contributed by atoms with van der Waals surface area (Å²) in [5, 5.41) is 11.0. The van der Waals surface area contributed by atoms with Crippen molar-refractivity contribution in [2.75, 3.05) is 0 Å². The molecule has 0 unspecified atom stereocenters. The van der Waals surface area contributed by atoms with Crippen molar-refractivity contribution in [3.8, 4) is 17.2 Å². The molecule has 0 saturated carbocycles. The third-order valence-electron chi connectivity index (χ3n) is 8.99. The zero-order valence-electron chi connectivity index (χ0n) is 23.5. The highest BCUT2D eigenvalue weighted by Crippen LogP contribution is 2.41. The van der Waals surface area contributed by atoms with E-state index in [4.69, 9.17) is 9.97 Å². The summed E-state index contributed by atoms with van der Waals surface area (Å²) in [5.74, 6) is 0.680. The molecule has 0 atom stereocenters. The minimum absolute atomic E-state index is 0.680. The fourth-order valence-corrected chi connectivity index (χ4v) is 8.11. The first-order chi connectivity index (χ1) is 21.8. The summed E-state index contributed by atoms with van der Waals surface area (Å²) in [6.07, 6.45) is 0. The minimum atomic E-state index is 0.680. The van der Waals surface area contributed by atoms with Gasteiger partial charge in [0, 0.05) is 41.9 Å². The summed E-state index contributed by atoms with van der Waals surface area (Å²) in [4.78, 5) is 10.6. The Hall–Kier alpha value is -5.58. The van der Waals surface area contributed by atoms with Gasteiger partial charge in [0.25, 0.3) is 0 Å². The quantitative estimate of drug-likeness (QED) is 0.205. The van der Waals surface area contributed by atoms with Crippen molar-refractivity contribution in [2.24, 2.45) is 0 Å². The maximum Gasteiger partial charge on any atom is 0.235 e. The second kappa shape index (κ2) is 8.96. The molecule has 0 radical (unpaired) electrons. The van der Waals surface area contributed by atoms with Gasteiger partial charge in [-0.15, -0.1) is 11.3 Å². The van der Waals surface area contributed by atoms with E-state index in [1.165, 1.54) is 52.5 Å². The molecule has 0 aliphatic rings. The first kappa shape index (κ1) is 23.9. The van der Waals surface area contributed by atoms with Crippen molar-refractivity contribution in [3.05, 3.63) is 140 Å². The highest BCUT2D eigenvalue weighted by Gasteiger charge is 2.20. The van der Waals surface area contributed by atoms with Crippen LogP contribution in [0.15, 0.2) is 140 Å². The fourth-order valence-electron chi connectivity index (χ4n) is 7.02. The number of thiophene rings is 1. The Kier molecular flexibility index (Phi) is 4.87. The molecular weight excluding hydrogens is 555 g/mol. The molecular formula is C40H23N3S. The largest absolute Gasteiger partial charge is 0.278 e. The molecule has 7 aromatic carbocycles. The lowest BCUT2D eigenvalue weighted by Crippen LogP contribution is -2.03. The Morgan fingerprint density at radius 1 is 0.455 bits per heavy atom. The van der Waals surface area contributed by atoms with Crippen molar-refractivity contribution < 1.29 is 0 Å². The molecule has 0 spiro atoms. The number of fused-ring (bicyclic) bond motifs is 11. The van der Waals surface area contributed by atoms with Crippen LogP contribution in [0, 0.1) is 0 Å². The van der Waals surface area contributed by atoms with Crippen LogP contribution in [0.3, 0.4) is 0 Å². The number of hydrogen-bond donors (Lipinski definition) is 0. The zero-order chi connectivity index (χ0) is 28.8. The molecule has 4 heteroatoms. The molecule has 0 aliphatic heterocycles. The molecule has 0 saturated heterocycles. The maximum atomic E-state index is 5.40. The highest BCUT2D eigenvalue weighted by atomic mass is 32.1. The smallest absolute Gasteiger partial charge is 0.235 e. The zero-order valence-corrected chi connectivity index (χ0v) is 24.3. The monoisotopic (exact) mass is 577 g/mol. The van der Waals surface area contributed by atoms with Gasteiger partial charge in [-0.05, 0) is 57.9 Å². The summed E-state index contributed by atoms with van der Waals surface area (Å²) >= 11 is 1.84. The lowest BCUT2D eigenvalue weighted by Gasteiger charge is -2.12. The Morgan fingerprint density at radius 3 is 1.77 bits per heavy atom. The standard InChI is InChI=1S/C40H23N3S/c1-3-11-27-24(9-1)17-20-33-37(27)38-28-12-4-2-10-25(28)18-21-34(38)43(33)40-41-32-15-7-5-14-30(32)39(42-40)26-19-22-36-31(23-26)29-13-6-8-16-35(29)44-36/h1-23H. The molecule has 3 heterocycles. The van der Waals surface area contributed by atoms with Crippen molar-refractivity contribution in [2.45, 2.75) is 0 Å². The van der Waals surface area contributed by atoms with Crippen molar-refractivity contribution >= 4 is 85.8 Å². The Labute approximate surface area is 256 Å². The van der Waals surface area contributed by atoms with Crippen molar-refractivity contribution in [3.63, 3.8) is 0 Å². The molecule has 0 amide bonds. The van der Waals surface area contributed by atoms with Gasteiger partial charge in [-0.25, -0.2) is 9.97 Å². The summed E-state index contributed by atoms with van der Waals surface area (Å²) in [7, 11) is 0. The first-order valence-corrected chi connectivity index (χ1v) is 15.7. The third kappa shape index (κ3) is 3.31. The van der Waals surface area contributed by atoms with Gasteiger partial charge in [-0.2, -0.15) is 0 Å².